The van der Waals surface area contributed by atoms with Gasteiger partial charge in [0.05, 0.1) is 19.6 Å². The Balaban J connectivity index is 2.14. The lowest BCUT2D eigenvalue weighted by Crippen LogP contribution is -2.28. The topological polar surface area (TPSA) is 72.5 Å². The van der Waals surface area contributed by atoms with Gasteiger partial charge in [-0.15, -0.1) is 11.3 Å². The Bertz CT molecular complexity index is 799. The predicted octanol–water partition coefficient (Wildman–Crippen LogP) is 3.60. The van der Waals surface area contributed by atoms with Gasteiger partial charge in [-0.25, -0.2) is 13.1 Å². The number of halogens is 1. The average molecular weight is 386 g/mol. The molecule has 0 bridgehead atoms. The summed E-state index contributed by atoms with van der Waals surface area (Å²) < 4.78 is 31.7. The summed E-state index contributed by atoms with van der Waals surface area (Å²) in [6.07, 6.45) is 1.38. The van der Waals surface area contributed by atoms with E-state index >= 15 is 0 Å². The maximum absolute atomic E-state index is 12.3. The van der Waals surface area contributed by atoms with Crippen LogP contribution in [-0.2, 0) is 19.6 Å². The van der Waals surface area contributed by atoms with E-state index in [1.165, 1.54) is 24.5 Å². The van der Waals surface area contributed by atoms with Crippen LogP contribution in [0.5, 0.6) is 0 Å². The molecule has 1 N–H and O–H groups in total. The zero-order valence-electron chi connectivity index (χ0n) is 12.8. The Kier molecular flexibility index (Phi) is 6.56. The van der Waals surface area contributed by atoms with Crippen molar-refractivity contribution >= 4 is 45.0 Å². The number of carbonyl (C=O) groups excluding carboxylic acids is 1. The molecule has 8 heteroatoms. The van der Waals surface area contributed by atoms with Crippen LogP contribution in [0.3, 0.4) is 0 Å². The van der Waals surface area contributed by atoms with Crippen LogP contribution < -0.4 is 4.72 Å². The minimum Gasteiger partial charge on any atom is -0.469 e. The van der Waals surface area contributed by atoms with Gasteiger partial charge < -0.3 is 4.74 Å². The van der Waals surface area contributed by atoms with Crippen LogP contribution in [0.2, 0.25) is 5.02 Å². The lowest BCUT2D eigenvalue weighted by molar-refractivity contribution is -0.141. The van der Waals surface area contributed by atoms with Gasteiger partial charge in [-0.3, -0.25) is 4.79 Å². The molecular formula is C16H16ClNO4S2. The molecule has 1 heterocycles. The van der Waals surface area contributed by atoms with Gasteiger partial charge in [0.2, 0.25) is 10.0 Å². The normalized spacial score (nSPS) is 13.1. The number of sulfonamides is 1. The number of benzene rings is 1. The first-order chi connectivity index (χ1) is 11.4. The molecule has 5 nitrogen and oxygen atoms in total. The van der Waals surface area contributed by atoms with Gasteiger partial charge in [-0.1, -0.05) is 29.8 Å². The Labute approximate surface area is 150 Å². The molecule has 0 fully saturated rings. The summed E-state index contributed by atoms with van der Waals surface area (Å²) in [5.41, 5.74) is 0.699. The van der Waals surface area contributed by atoms with Gasteiger partial charge in [-0.2, -0.15) is 0 Å². The van der Waals surface area contributed by atoms with E-state index < -0.39 is 22.0 Å². The Morgan fingerprint density at radius 2 is 2.04 bits per heavy atom. The second kappa shape index (κ2) is 8.43. The quantitative estimate of drug-likeness (QED) is 0.739. The monoisotopic (exact) mass is 385 g/mol. The van der Waals surface area contributed by atoms with Gasteiger partial charge in [0.15, 0.2) is 0 Å². The highest BCUT2D eigenvalue weighted by molar-refractivity contribution is 7.92. The number of thiophene rings is 1. The van der Waals surface area contributed by atoms with Gasteiger partial charge in [0.25, 0.3) is 0 Å². The first-order valence-electron chi connectivity index (χ1n) is 6.96. The van der Waals surface area contributed by atoms with E-state index in [0.29, 0.717) is 10.6 Å². The lowest BCUT2D eigenvalue weighted by Gasteiger charge is -2.15. The van der Waals surface area contributed by atoms with Gasteiger partial charge in [-0.05, 0) is 35.2 Å². The number of methoxy groups -OCH3 is 1. The Morgan fingerprint density at radius 3 is 2.62 bits per heavy atom. The average Bonchev–Trinajstić information content (AvgIpc) is 3.08. The van der Waals surface area contributed by atoms with Crippen molar-refractivity contribution in [1.29, 1.82) is 0 Å². The molecule has 1 atom stereocenters. The third-order valence-electron chi connectivity index (χ3n) is 3.10. The summed E-state index contributed by atoms with van der Waals surface area (Å²) in [6, 6.07) is 9.66. The van der Waals surface area contributed by atoms with Crippen LogP contribution in [0, 0.1) is 0 Å². The van der Waals surface area contributed by atoms with Crippen molar-refractivity contribution in [2.75, 3.05) is 7.11 Å². The molecule has 0 aliphatic carbocycles. The molecule has 128 valence electrons. The molecule has 0 radical (unpaired) electrons. The third-order valence-corrected chi connectivity index (χ3v) is 5.45. The molecule has 2 aromatic rings. The predicted molar refractivity (Wildman–Crippen MR) is 96.2 cm³/mol. The van der Waals surface area contributed by atoms with Gasteiger partial charge >= 0.3 is 5.97 Å². The SMILES string of the molecule is COC(=O)CC(NS(=O)(=O)/C=C/c1ccc(Cl)cc1)c1cccs1. The molecule has 0 saturated carbocycles. The van der Waals surface area contributed by atoms with E-state index in [1.807, 2.05) is 5.38 Å². The second-order valence-electron chi connectivity index (χ2n) is 4.87. The molecule has 0 aliphatic heterocycles. The van der Waals surface area contributed by atoms with Crippen LogP contribution in [0.1, 0.15) is 22.9 Å². The standard InChI is InChI=1S/C16H16ClNO4S2/c1-22-16(19)11-14(15-3-2-9-23-15)18-24(20,21)10-8-12-4-6-13(17)7-5-12/h2-10,14,18H,11H2,1H3/b10-8+. The molecule has 1 aromatic carbocycles. The van der Waals surface area contributed by atoms with E-state index in [9.17, 15) is 13.2 Å². The fraction of sp³-hybridized carbons (Fsp3) is 0.188. The molecule has 0 spiro atoms. The highest BCUT2D eigenvalue weighted by Crippen LogP contribution is 2.23. The number of carbonyl (C=O) groups is 1. The number of esters is 1. The van der Waals surface area contributed by atoms with Crippen LogP contribution in [0.15, 0.2) is 47.2 Å². The number of hydrogen-bond donors (Lipinski definition) is 1. The highest BCUT2D eigenvalue weighted by atomic mass is 35.5. The van der Waals surface area contributed by atoms with Crippen molar-refractivity contribution in [3.8, 4) is 0 Å². The summed E-state index contributed by atoms with van der Waals surface area (Å²) >= 11 is 7.16. The van der Waals surface area contributed by atoms with Crippen molar-refractivity contribution in [3.63, 3.8) is 0 Å². The number of ether oxygens (including phenoxy) is 1. The summed E-state index contributed by atoms with van der Waals surface area (Å²) in [7, 11) is -2.47. The molecule has 0 amide bonds. The molecule has 1 unspecified atom stereocenters. The third kappa shape index (κ3) is 5.76. The number of nitrogens with one attached hydrogen (secondary N) is 1. The van der Waals surface area contributed by atoms with Crippen molar-refractivity contribution in [2.45, 2.75) is 12.5 Å². The maximum atomic E-state index is 12.3. The lowest BCUT2D eigenvalue weighted by atomic mass is 10.2. The van der Waals surface area contributed by atoms with E-state index in [1.54, 1.807) is 36.4 Å². The van der Waals surface area contributed by atoms with Crippen LogP contribution >= 0.6 is 22.9 Å². The fourth-order valence-corrected chi connectivity index (χ4v) is 3.92. The second-order valence-corrected chi connectivity index (χ2v) is 7.88. The highest BCUT2D eigenvalue weighted by Gasteiger charge is 2.22. The van der Waals surface area contributed by atoms with Crippen molar-refractivity contribution in [2.24, 2.45) is 0 Å². The van der Waals surface area contributed by atoms with Crippen LogP contribution in [0.25, 0.3) is 6.08 Å². The molecule has 2 rings (SSSR count). The van der Waals surface area contributed by atoms with Crippen molar-refractivity contribution in [3.05, 3.63) is 62.6 Å². The minimum atomic E-state index is -3.73. The maximum Gasteiger partial charge on any atom is 0.307 e. The van der Waals surface area contributed by atoms with E-state index in [-0.39, 0.29) is 6.42 Å². The van der Waals surface area contributed by atoms with Gasteiger partial charge in [0, 0.05) is 15.3 Å². The summed E-state index contributed by atoms with van der Waals surface area (Å²) in [5.74, 6) is -0.488. The largest absolute Gasteiger partial charge is 0.469 e. The summed E-state index contributed by atoms with van der Waals surface area (Å²) in [4.78, 5) is 12.3. The molecule has 1 aromatic heterocycles. The van der Waals surface area contributed by atoms with Crippen molar-refractivity contribution in [1.82, 2.24) is 4.72 Å². The summed E-state index contributed by atoms with van der Waals surface area (Å²) in [5, 5.41) is 3.45. The first-order valence-corrected chi connectivity index (χ1v) is 9.76. The number of hydrogen-bond acceptors (Lipinski definition) is 5. The molecule has 0 saturated heterocycles. The molecule has 0 aliphatic rings. The number of rotatable bonds is 7. The van der Waals surface area contributed by atoms with Crippen LogP contribution in [0.4, 0.5) is 0 Å². The van der Waals surface area contributed by atoms with Gasteiger partial charge in [0.1, 0.15) is 0 Å². The molecule has 24 heavy (non-hydrogen) atoms. The van der Waals surface area contributed by atoms with E-state index in [2.05, 4.69) is 9.46 Å². The Hall–Kier alpha value is -1.67. The molecular weight excluding hydrogens is 370 g/mol. The van der Waals surface area contributed by atoms with Crippen molar-refractivity contribution < 1.29 is 17.9 Å². The van der Waals surface area contributed by atoms with E-state index in [4.69, 9.17) is 11.6 Å². The fourth-order valence-electron chi connectivity index (χ4n) is 1.92. The first kappa shape index (κ1) is 18.7. The Morgan fingerprint density at radius 1 is 1.33 bits per heavy atom. The van der Waals surface area contributed by atoms with Crippen LogP contribution in [-0.4, -0.2) is 21.5 Å². The van der Waals surface area contributed by atoms with E-state index in [0.717, 1.165) is 10.3 Å². The smallest absolute Gasteiger partial charge is 0.307 e. The zero-order valence-corrected chi connectivity index (χ0v) is 15.2. The summed E-state index contributed by atoms with van der Waals surface area (Å²) in [6.45, 7) is 0. The minimum absolute atomic E-state index is 0.0783. The zero-order chi connectivity index (χ0) is 17.6.